The Morgan fingerprint density at radius 2 is 1.78 bits per heavy atom. The van der Waals surface area contributed by atoms with Gasteiger partial charge in [0.15, 0.2) is 0 Å². The Bertz CT molecular complexity index is 380. The fourth-order valence-corrected chi connectivity index (χ4v) is 3.21. The summed E-state index contributed by atoms with van der Waals surface area (Å²) in [5.74, 6) is 3.36. The number of nitrogens with two attached hydrogens (primary N) is 1. The van der Waals surface area contributed by atoms with Crippen molar-refractivity contribution in [1.29, 1.82) is 0 Å². The van der Waals surface area contributed by atoms with Gasteiger partial charge in [0.2, 0.25) is 0 Å². The summed E-state index contributed by atoms with van der Waals surface area (Å²) in [5.41, 5.74) is 6.78. The molecule has 0 bridgehead atoms. The van der Waals surface area contributed by atoms with Gasteiger partial charge in [-0.1, -0.05) is 20.8 Å². The van der Waals surface area contributed by atoms with Crippen molar-refractivity contribution in [3.8, 4) is 0 Å². The molecule has 0 spiro atoms. The van der Waals surface area contributed by atoms with Gasteiger partial charge in [0.1, 0.15) is 11.5 Å². The Labute approximate surface area is 111 Å². The first-order chi connectivity index (χ1) is 8.38. The highest BCUT2D eigenvalue weighted by Crippen LogP contribution is 2.42. The van der Waals surface area contributed by atoms with Gasteiger partial charge in [-0.25, -0.2) is 0 Å². The molecule has 18 heavy (non-hydrogen) atoms. The molecule has 102 valence electrons. The summed E-state index contributed by atoms with van der Waals surface area (Å²) in [7, 11) is 0. The van der Waals surface area contributed by atoms with Crippen LogP contribution < -0.4 is 5.73 Å². The molecule has 2 rings (SSSR count). The maximum absolute atomic E-state index is 6.34. The van der Waals surface area contributed by atoms with E-state index in [0.29, 0.717) is 11.3 Å². The van der Waals surface area contributed by atoms with Crippen LogP contribution in [0, 0.1) is 24.2 Å². The average Bonchev–Trinajstić information content (AvgIpc) is 2.74. The van der Waals surface area contributed by atoms with Gasteiger partial charge in [-0.2, -0.15) is 0 Å². The molecule has 1 unspecified atom stereocenters. The van der Waals surface area contributed by atoms with Gasteiger partial charge in [0.25, 0.3) is 0 Å². The molecular weight excluding hydrogens is 222 g/mol. The zero-order valence-electron chi connectivity index (χ0n) is 12.2. The van der Waals surface area contributed by atoms with Crippen molar-refractivity contribution >= 4 is 0 Å². The van der Waals surface area contributed by atoms with E-state index >= 15 is 0 Å². The standard InChI is InChI=1S/C16H27NO/c1-11-5-10-14(18-11)15(17)12-6-8-13(9-7-12)16(2,3)4/h5,10,12-13,15H,6-9,17H2,1-4H3. The topological polar surface area (TPSA) is 39.2 Å². The molecule has 0 aliphatic heterocycles. The normalized spacial score (nSPS) is 27.2. The summed E-state index contributed by atoms with van der Waals surface area (Å²) in [6, 6.07) is 4.13. The van der Waals surface area contributed by atoms with Crippen LogP contribution in [0.3, 0.4) is 0 Å². The van der Waals surface area contributed by atoms with Crippen LogP contribution in [0.5, 0.6) is 0 Å². The van der Waals surface area contributed by atoms with Gasteiger partial charge in [-0.15, -0.1) is 0 Å². The highest BCUT2D eigenvalue weighted by Gasteiger charge is 2.32. The highest BCUT2D eigenvalue weighted by atomic mass is 16.3. The van der Waals surface area contributed by atoms with Crippen molar-refractivity contribution in [2.24, 2.45) is 23.0 Å². The minimum atomic E-state index is 0.0830. The van der Waals surface area contributed by atoms with Crippen molar-refractivity contribution in [3.63, 3.8) is 0 Å². The maximum atomic E-state index is 6.34. The summed E-state index contributed by atoms with van der Waals surface area (Å²) in [6.07, 6.45) is 5.09. The number of aryl methyl sites for hydroxylation is 1. The molecule has 2 nitrogen and oxygen atoms in total. The number of hydrogen-bond donors (Lipinski definition) is 1. The average molecular weight is 249 g/mol. The first-order valence-electron chi connectivity index (χ1n) is 7.20. The number of furan rings is 1. The minimum Gasteiger partial charge on any atom is -0.465 e. The van der Waals surface area contributed by atoms with E-state index in [0.717, 1.165) is 17.4 Å². The van der Waals surface area contributed by atoms with Crippen molar-refractivity contribution in [2.75, 3.05) is 0 Å². The first-order valence-corrected chi connectivity index (χ1v) is 7.20. The third kappa shape index (κ3) is 2.97. The molecule has 1 fully saturated rings. The summed E-state index contributed by atoms with van der Waals surface area (Å²) >= 11 is 0. The fourth-order valence-electron chi connectivity index (χ4n) is 3.21. The molecule has 2 N–H and O–H groups in total. The van der Waals surface area contributed by atoms with Crippen molar-refractivity contribution in [3.05, 3.63) is 23.7 Å². The third-order valence-electron chi connectivity index (χ3n) is 4.59. The number of hydrogen-bond acceptors (Lipinski definition) is 2. The summed E-state index contributed by atoms with van der Waals surface area (Å²) in [5, 5.41) is 0. The van der Waals surface area contributed by atoms with E-state index in [-0.39, 0.29) is 6.04 Å². The summed E-state index contributed by atoms with van der Waals surface area (Å²) in [4.78, 5) is 0. The Hall–Kier alpha value is -0.760. The van der Waals surface area contributed by atoms with Gasteiger partial charge in [-0.3, -0.25) is 0 Å². The predicted molar refractivity (Wildman–Crippen MR) is 75.3 cm³/mol. The van der Waals surface area contributed by atoms with E-state index in [2.05, 4.69) is 20.8 Å². The second-order valence-corrected chi connectivity index (χ2v) is 6.95. The van der Waals surface area contributed by atoms with E-state index in [1.54, 1.807) is 0 Å². The first kappa shape index (κ1) is 13.7. The Morgan fingerprint density at radius 3 is 2.22 bits per heavy atom. The molecule has 0 amide bonds. The van der Waals surface area contributed by atoms with Crippen LogP contribution in [0.15, 0.2) is 16.5 Å². The lowest BCUT2D eigenvalue weighted by Gasteiger charge is -2.38. The van der Waals surface area contributed by atoms with Crippen LogP contribution in [0.4, 0.5) is 0 Å². The second-order valence-electron chi connectivity index (χ2n) is 6.95. The van der Waals surface area contributed by atoms with E-state index in [1.165, 1.54) is 25.7 Å². The van der Waals surface area contributed by atoms with E-state index in [1.807, 2.05) is 19.1 Å². The Kier molecular flexibility index (Phi) is 3.86. The van der Waals surface area contributed by atoms with Crippen LogP contribution in [-0.4, -0.2) is 0 Å². The van der Waals surface area contributed by atoms with Crippen molar-refractivity contribution < 1.29 is 4.42 Å². The molecule has 1 aromatic heterocycles. The molecule has 0 aromatic carbocycles. The van der Waals surface area contributed by atoms with Gasteiger partial charge >= 0.3 is 0 Å². The third-order valence-corrected chi connectivity index (χ3v) is 4.59. The van der Waals surface area contributed by atoms with Crippen molar-refractivity contribution in [2.45, 2.75) is 59.4 Å². The quantitative estimate of drug-likeness (QED) is 0.841. The lowest BCUT2D eigenvalue weighted by atomic mass is 9.68. The largest absolute Gasteiger partial charge is 0.465 e. The highest BCUT2D eigenvalue weighted by molar-refractivity contribution is 5.10. The van der Waals surface area contributed by atoms with E-state index in [4.69, 9.17) is 10.2 Å². The minimum absolute atomic E-state index is 0.0830. The number of rotatable bonds is 2. The van der Waals surface area contributed by atoms with Gasteiger partial charge in [0.05, 0.1) is 6.04 Å². The zero-order valence-corrected chi connectivity index (χ0v) is 12.2. The van der Waals surface area contributed by atoms with Crippen molar-refractivity contribution in [1.82, 2.24) is 0 Å². The molecule has 0 saturated heterocycles. The summed E-state index contributed by atoms with van der Waals surface area (Å²) < 4.78 is 5.67. The molecule has 1 atom stereocenters. The molecular formula is C16H27NO. The van der Waals surface area contributed by atoms with Gasteiger partial charge < -0.3 is 10.2 Å². The fraction of sp³-hybridized carbons (Fsp3) is 0.750. The van der Waals surface area contributed by atoms with Gasteiger partial charge in [-0.05, 0) is 62.0 Å². The predicted octanol–water partition coefficient (Wildman–Crippen LogP) is 4.44. The molecule has 1 aliphatic carbocycles. The zero-order chi connectivity index (χ0) is 13.3. The van der Waals surface area contributed by atoms with Gasteiger partial charge in [0, 0.05) is 0 Å². The van der Waals surface area contributed by atoms with E-state index < -0.39 is 0 Å². The SMILES string of the molecule is Cc1ccc(C(N)C2CCC(C(C)(C)C)CC2)o1. The molecule has 0 radical (unpaired) electrons. The molecule has 1 aliphatic rings. The Balaban J connectivity index is 1.94. The van der Waals surface area contributed by atoms with Crippen LogP contribution in [0.2, 0.25) is 0 Å². The van der Waals surface area contributed by atoms with Crippen LogP contribution in [-0.2, 0) is 0 Å². The molecule has 2 heteroatoms. The lowest BCUT2D eigenvalue weighted by Crippen LogP contribution is -2.30. The Morgan fingerprint density at radius 1 is 1.17 bits per heavy atom. The summed E-state index contributed by atoms with van der Waals surface area (Å²) in [6.45, 7) is 9.04. The lowest BCUT2D eigenvalue weighted by molar-refractivity contribution is 0.135. The molecule has 1 aromatic rings. The monoisotopic (exact) mass is 249 g/mol. The van der Waals surface area contributed by atoms with Crippen LogP contribution in [0.25, 0.3) is 0 Å². The smallest absolute Gasteiger partial charge is 0.121 e. The second kappa shape index (κ2) is 5.08. The van der Waals surface area contributed by atoms with Crippen LogP contribution in [0.1, 0.15) is 64.0 Å². The molecule has 1 heterocycles. The van der Waals surface area contributed by atoms with Crippen LogP contribution >= 0.6 is 0 Å². The molecule has 1 saturated carbocycles. The van der Waals surface area contributed by atoms with E-state index in [9.17, 15) is 0 Å². The maximum Gasteiger partial charge on any atom is 0.121 e.